The topological polar surface area (TPSA) is 112 Å². The zero-order valence-electron chi connectivity index (χ0n) is 27.4. The number of carbonyl (C=O) groups excluding carboxylic acids is 3. The normalized spacial score (nSPS) is 29.4. The molecule has 0 aromatic heterocycles. The number of anilines is 1. The van der Waals surface area contributed by atoms with Gasteiger partial charge in [-0.05, 0) is 43.2 Å². The maximum atomic E-state index is 14.9. The molecule has 3 amide bonds. The van der Waals surface area contributed by atoms with E-state index in [0.717, 1.165) is 18.7 Å². The van der Waals surface area contributed by atoms with Crippen molar-refractivity contribution in [1.82, 2.24) is 14.7 Å². The van der Waals surface area contributed by atoms with Crippen molar-refractivity contribution in [2.24, 2.45) is 11.8 Å². The number of carbonyl (C=O) groups is 3. The van der Waals surface area contributed by atoms with E-state index in [2.05, 4.69) is 4.90 Å². The van der Waals surface area contributed by atoms with Gasteiger partial charge in [-0.15, -0.1) is 0 Å². The zero-order chi connectivity index (χ0) is 33.3. The SMILES string of the molecule is CCOc1ccc(N2CC=C[C@H]3O[C@]45C=CCN(CCN6CCOCC6)C(=O)C4N([C@@H](CO)Cc4ccccc4)C(=O)[C@@H]5[C@H]3C2=O)cc1. The monoisotopic (exact) mass is 656 g/mol. The Hall–Kier alpha value is -4.03. The second-order valence-corrected chi connectivity index (χ2v) is 13.1. The first-order valence-corrected chi connectivity index (χ1v) is 17.1. The average molecular weight is 657 g/mol. The van der Waals surface area contributed by atoms with Gasteiger partial charge in [-0.3, -0.25) is 19.3 Å². The van der Waals surface area contributed by atoms with Crippen molar-refractivity contribution in [3.05, 3.63) is 84.5 Å². The van der Waals surface area contributed by atoms with E-state index in [1.807, 2.05) is 85.8 Å². The molecule has 0 bridgehead atoms. The molecule has 3 saturated heterocycles. The van der Waals surface area contributed by atoms with Gasteiger partial charge in [-0.1, -0.05) is 54.6 Å². The van der Waals surface area contributed by atoms with Gasteiger partial charge in [-0.2, -0.15) is 0 Å². The Kier molecular flexibility index (Phi) is 9.37. The number of likely N-dealkylation sites (tertiary alicyclic amines) is 1. The van der Waals surface area contributed by atoms with Crippen LogP contribution in [0.4, 0.5) is 5.69 Å². The predicted octanol–water partition coefficient (Wildman–Crippen LogP) is 1.90. The highest BCUT2D eigenvalue weighted by Gasteiger charge is 2.72. The van der Waals surface area contributed by atoms with E-state index < -0.39 is 35.6 Å². The number of fused-ring (bicyclic) bond motifs is 2. The van der Waals surface area contributed by atoms with Crippen LogP contribution in [0.2, 0.25) is 0 Å². The second-order valence-electron chi connectivity index (χ2n) is 13.1. The van der Waals surface area contributed by atoms with Crippen molar-refractivity contribution < 1.29 is 33.7 Å². The molecule has 0 radical (unpaired) electrons. The minimum atomic E-state index is -1.37. The molecule has 7 rings (SSSR count). The smallest absolute Gasteiger partial charge is 0.249 e. The van der Waals surface area contributed by atoms with Crippen molar-refractivity contribution >= 4 is 23.4 Å². The van der Waals surface area contributed by atoms with Crippen molar-refractivity contribution in [1.29, 1.82) is 0 Å². The van der Waals surface area contributed by atoms with E-state index in [1.54, 1.807) is 14.7 Å². The van der Waals surface area contributed by atoms with Gasteiger partial charge >= 0.3 is 0 Å². The van der Waals surface area contributed by atoms with E-state index in [9.17, 15) is 19.5 Å². The fourth-order valence-corrected chi connectivity index (χ4v) is 8.06. The molecule has 1 unspecified atom stereocenters. The van der Waals surface area contributed by atoms with Gasteiger partial charge in [0.1, 0.15) is 17.4 Å². The molecule has 5 heterocycles. The Morgan fingerprint density at radius 2 is 1.71 bits per heavy atom. The summed E-state index contributed by atoms with van der Waals surface area (Å²) < 4.78 is 18.0. The summed E-state index contributed by atoms with van der Waals surface area (Å²) in [6.07, 6.45) is 7.20. The molecule has 6 atom stereocenters. The summed E-state index contributed by atoms with van der Waals surface area (Å²) in [5, 5.41) is 10.8. The Bertz CT molecular complexity index is 1540. The minimum absolute atomic E-state index is 0.230. The zero-order valence-corrected chi connectivity index (χ0v) is 27.4. The molecule has 11 heteroatoms. The van der Waals surface area contributed by atoms with Crippen LogP contribution < -0.4 is 9.64 Å². The van der Waals surface area contributed by atoms with Crippen molar-refractivity contribution in [3.8, 4) is 5.75 Å². The molecule has 2 aromatic rings. The molecule has 5 aliphatic heterocycles. The lowest BCUT2D eigenvalue weighted by Crippen LogP contribution is -2.59. The van der Waals surface area contributed by atoms with Crippen LogP contribution in [0.5, 0.6) is 5.75 Å². The summed E-state index contributed by atoms with van der Waals surface area (Å²) in [6.45, 7) is 6.86. The Morgan fingerprint density at radius 3 is 2.44 bits per heavy atom. The van der Waals surface area contributed by atoms with Crippen LogP contribution in [-0.4, -0.2) is 127 Å². The lowest BCUT2D eigenvalue weighted by atomic mass is 9.77. The number of aliphatic hydroxyl groups excluding tert-OH is 1. The van der Waals surface area contributed by atoms with Crippen molar-refractivity contribution in [2.75, 3.05) is 70.6 Å². The van der Waals surface area contributed by atoms with Gasteiger partial charge < -0.3 is 34.0 Å². The first-order chi connectivity index (χ1) is 23.4. The van der Waals surface area contributed by atoms with Crippen LogP contribution in [-0.2, 0) is 30.3 Å². The lowest BCUT2D eigenvalue weighted by molar-refractivity contribution is -0.150. The van der Waals surface area contributed by atoms with Gasteiger partial charge in [0, 0.05) is 45.0 Å². The third kappa shape index (κ3) is 5.83. The summed E-state index contributed by atoms with van der Waals surface area (Å²) in [6, 6.07) is 15.3. The maximum Gasteiger partial charge on any atom is 0.249 e. The average Bonchev–Trinajstić information content (AvgIpc) is 3.43. The third-order valence-electron chi connectivity index (χ3n) is 10.3. The molecule has 2 aromatic carbocycles. The van der Waals surface area contributed by atoms with Crippen molar-refractivity contribution in [3.63, 3.8) is 0 Å². The van der Waals surface area contributed by atoms with Crippen LogP contribution in [0, 0.1) is 11.8 Å². The number of benzene rings is 2. The van der Waals surface area contributed by atoms with Gasteiger partial charge in [0.05, 0.1) is 50.4 Å². The van der Waals surface area contributed by atoms with E-state index >= 15 is 0 Å². The lowest BCUT2D eigenvalue weighted by Gasteiger charge is -2.39. The summed E-state index contributed by atoms with van der Waals surface area (Å²) >= 11 is 0. The fraction of sp³-hybridized carbons (Fsp3) is 0.486. The fourth-order valence-electron chi connectivity index (χ4n) is 8.06. The number of rotatable bonds is 10. The third-order valence-corrected chi connectivity index (χ3v) is 10.3. The first kappa shape index (κ1) is 32.5. The molecule has 48 heavy (non-hydrogen) atoms. The summed E-state index contributed by atoms with van der Waals surface area (Å²) in [7, 11) is 0. The van der Waals surface area contributed by atoms with Gasteiger partial charge in [0.15, 0.2) is 0 Å². The Morgan fingerprint density at radius 1 is 0.938 bits per heavy atom. The molecule has 1 N–H and O–H groups in total. The van der Waals surface area contributed by atoms with E-state index in [-0.39, 0.29) is 24.3 Å². The molecule has 3 fully saturated rings. The largest absolute Gasteiger partial charge is 0.494 e. The van der Waals surface area contributed by atoms with Gasteiger partial charge in [0.2, 0.25) is 17.7 Å². The Labute approximate surface area is 281 Å². The first-order valence-electron chi connectivity index (χ1n) is 17.1. The Balaban J connectivity index is 1.25. The summed E-state index contributed by atoms with van der Waals surface area (Å²) in [5.41, 5.74) is 0.251. The van der Waals surface area contributed by atoms with Crippen LogP contribution in [0.1, 0.15) is 12.5 Å². The highest BCUT2D eigenvalue weighted by Crippen LogP contribution is 2.54. The van der Waals surface area contributed by atoms with Crippen LogP contribution in [0.15, 0.2) is 78.9 Å². The number of ether oxygens (including phenoxy) is 3. The molecule has 11 nitrogen and oxygen atoms in total. The van der Waals surface area contributed by atoms with Crippen molar-refractivity contribution in [2.45, 2.75) is 37.1 Å². The number of morpholine rings is 1. The number of hydrogen-bond donors (Lipinski definition) is 1. The molecule has 0 saturated carbocycles. The molecule has 5 aliphatic rings. The molecular weight excluding hydrogens is 612 g/mol. The van der Waals surface area contributed by atoms with E-state index in [4.69, 9.17) is 14.2 Å². The number of hydrogen-bond acceptors (Lipinski definition) is 8. The number of amides is 3. The number of aliphatic hydroxyl groups is 1. The maximum absolute atomic E-state index is 14.9. The van der Waals surface area contributed by atoms with Gasteiger partial charge in [0.25, 0.3) is 0 Å². The van der Waals surface area contributed by atoms with E-state index in [1.165, 1.54) is 0 Å². The van der Waals surface area contributed by atoms with E-state index in [0.29, 0.717) is 63.9 Å². The highest BCUT2D eigenvalue weighted by atomic mass is 16.5. The second kappa shape index (κ2) is 13.8. The quantitative estimate of drug-likeness (QED) is 0.387. The summed E-state index contributed by atoms with van der Waals surface area (Å²) in [5.74, 6) is -1.90. The molecular formula is C37H44N4O7. The van der Waals surface area contributed by atoms with Crippen LogP contribution >= 0.6 is 0 Å². The van der Waals surface area contributed by atoms with Gasteiger partial charge in [-0.25, -0.2) is 0 Å². The van der Waals surface area contributed by atoms with Crippen LogP contribution in [0.3, 0.4) is 0 Å². The molecule has 0 aliphatic carbocycles. The minimum Gasteiger partial charge on any atom is -0.494 e. The summed E-state index contributed by atoms with van der Waals surface area (Å²) in [4.78, 5) is 51.5. The standard InChI is InChI=1S/C37H44N4O7/c1-2-47-29-13-11-27(12-14-29)40-17-6-10-30-31(34(40)43)32-35(44)41(28(25-42)24-26-8-4-3-5-9-26)33-36(45)39(16-7-15-37(32,33)48-30)19-18-38-20-22-46-23-21-38/h3-15,28,30-33,42H,2,16-25H2,1H3/t28-,30-,31+,32+,33?,37+/m1/s1. The number of nitrogens with zero attached hydrogens (tertiary/aromatic N) is 4. The molecule has 1 spiro atoms. The highest BCUT2D eigenvalue weighted by molar-refractivity contribution is 6.04. The predicted molar refractivity (Wildman–Crippen MR) is 178 cm³/mol. The van der Waals surface area contributed by atoms with Crippen LogP contribution in [0.25, 0.3) is 0 Å². The molecule has 254 valence electrons.